The van der Waals surface area contributed by atoms with Gasteiger partial charge in [0.2, 0.25) is 0 Å². The van der Waals surface area contributed by atoms with Gasteiger partial charge in [-0.25, -0.2) is 0 Å². The third-order valence-electron chi connectivity index (χ3n) is 14.2. The minimum atomic E-state index is 0.906. The van der Waals surface area contributed by atoms with Gasteiger partial charge in [-0.1, -0.05) is 133 Å². The molecule has 4 nitrogen and oxygen atoms in total. The van der Waals surface area contributed by atoms with Crippen LogP contribution in [0.2, 0.25) is 0 Å². The van der Waals surface area contributed by atoms with Crippen molar-refractivity contribution in [3.05, 3.63) is 240 Å². The van der Waals surface area contributed by atoms with Crippen LogP contribution in [0, 0.1) is 41.5 Å². The number of hydrogen-bond acceptors (Lipinski definition) is 4. The Balaban J connectivity index is 0.907. The maximum Gasteiger partial charge on any atom is 0.143 e. The number of para-hydroxylation sites is 6. The molecule has 70 heavy (non-hydrogen) atoms. The SMILES string of the molecule is Cc1ccccc1N(c1ccc(-c2cccc3c2oc2ccccc23)cc1)c1c(C)cc(-c2cc(C)c(N(c3ccc(-c4cccc5c4oc4ccccc45)cc3)c3ccccc3C)c(C)c2)cc1C. The lowest BCUT2D eigenvalue weighted by molar-refractivity contribution is 0.669. The van der Waals surface area contributed by atoms with Crippen LogP contribution in [-0.4, -0.2) is 0 Å². The highest BCUT2D eigenvalue weighted by Crippen LogP contribution is 2.46. The van der Waals surface area contributed by atoms with E-state index < -0.39 is 0 Å². The van der Waals surface area contributed by atoms with E-state index in [-0.39, 0.29) is 0 Å². The van der Waals surface area contributed by atoms with E-state index in [0.717, 1.165) is 88.9 Å². The van der Waals surface area contributed by atoms with E-state index in [0.29, 0.717) is 0 Å². The molecule has 0 unspecified atom stereocenters. The number of hydrogen-bond donors (Lipinski definition) is 0. The van der Waals surface area contributed by atoms with Crippen LogP contribution in [0.15, 0.2) is 215 Å². The van der Waals surface area contributed by atoms with Crippen LogP contribution in [0.25, 0.3) is 77.3 Å². The van der Waals surface area contributed by atoms with Crippen molar-refractivity contribution >= 4 is 78.0 Å². The van der Waals surface area contributed by atoms with Gasteiger partial charge in [0.15, 0.2) is 0 Å². The van der Waals surface area contributed by atoms with Crippen molar-refractivity contribution in [2.75, 3.05) is 9.80 Å². The molecule has 0 amide bonds. The van der Waals surface area contributed by atoms with E-state index >= 15 is 0 Å². The standard InChI is InChI=1S/C66H52N2O2/c1-41-17-7-11-25-59(41)67(51-33-29-47(30-34-51)53-21-15-23-57-55-19-9-13-27-61(55)69-65(53)57)63-43(3)37-49(38-44(63)4)50-39-45(5)64(46(6)40-50)68(60-26-12-8-18-42(60)2)52-35-31-48(32-36-52)54-22-16-24-58-56-20-10-14-28-62(56)70-66(54)58/h7-40H,1-6H3. The van der Waals surface area contributed by atoms with E-state index in [1.807, 2.05) is 24.3 Å². The van der Waals surface area contributed by atoms with Gasteiger partial charge in [-0.3, -0.25) is 0 Å². The maximum absolute atomic E-state index is 6.45. The molecule has 0 aliphatic rings. The monoisotopic (exact) mass is 904 g/mol. The predicted molar refractivity (Wildman–Crippen MR) is 295 cm³/mol. The summed E-state index contributed by atoms with van der Waals surface area (Å²) in [5.41, 5.74) is 24.5. The summed E-state index contributed by atoms with van der Waals surface area (Å²) in [5, 5.41) is 4.54. The minimum Gasteiger partial charge on any atom is -0.455 e. The topological polar surface area (TPSA) is 32.8 Å². The summed E-state index contributed by atoms with van der Waals surface area (Å²) in [6.45, 7) is 13.4. The van der Waals surface area contributed by atoms with Crippen molar-refractivity contribution in [2.45, 2.75) is 41.5 Å². The molecule has 0 N–H and O–H groups in total. The Hall–Kier alpha value is -8.60. The lowest BCUT2D eigenvalue weighted by atomic mass is 9.93. The van der Waals surface area contributed by atoms with Gasteiger partial charge in [0.05, 0.1) is 11.4 Å². The zero-order valence-corrected chi connectivity index (χ0v) is 40.3. The van der Waals surface area contributed by atoms with Crippen molar-refractivity contribution in [2.24, 2.45) is 0 Å². The molecule has 0 atom stereocenters. The first-order valence-corrected chi connectivity index (χ1v) is 24.2. The smallest absolute Gasteiger partial charge is 0.143 e. The lowest BCUT2D eigenvalue weighted by Gasteiger charge is -2.31. The molecule has 2 aromatic heterocycles. The van der Waals surface area contributed by atoms with Crippen LogP contribution in [0.1, 0.15) is 33.4 Å². The Morgan fingerprint density at radius 3 is 1.01 bits per heavy atom. The van der Waals surface area contributed by atoms with Crippen LogP contribution in [0.3, 0.4) is 0 Å². The van der Waals surface area contributed by atoms with Crippen LogP contribution < -0.4 is 9.80 Å². The predicted octanol–water partition coefficient (Wildman–Crippen LogP) is 19.3. The van der Waals surface area contributed by atoms with E-state index in [9.17, 15) is 0 Å². The van der Waals surface area contributed by atoms with Gasteiger partial charge in [0.25, 0.3) is 0 Å². The summed E-state index contributed by atoms with van der Waals surface area (Å²) in [5.74, 6) is 0. The van der Waals surface area contributed by atoms with Crippen LogP contribution in [-0.2, 0) is 0 Å². The minimum absolute atomic E-state index is 0.906. The number of rotatable bonds is 9. The second-order valence-electron chi connectivity index (χ2n) is 18.8. The molecule has 12 rings (SSSR count). The number of benzene rings is 10. The number of furan rings is 2. The first kappa shape index (κ1) is 42.7. The highest BCUT2D eigenvalue weighted by molar-refractivity contribution is 6.10. The highest BCUT2D eigenvalue weighted by atomic mass is 16.3. The molecule has 0 fully saturated rings. The molecular weight excluding hydrogens is 853 g/mol. The number of fused-ring (bicyclic) bond motifs is 6. The molecule has 0 bridgehead atoms. The Morgan fingerprint density at radius 2 is 0.629 bits per heavy atom. The Labute approximate surface area is 409 Å². The second-order valence-corrected chi connectivity index (χ2v) is 18.8. The average Bonchev–Trinajstić information content (AvgIpc) is 3.96. The maximum atomic E-state index is 6.45. The van der Waals surface area contributed by atoms with Gasteiger partial charge in [-0.2, -0.15) is 0 Å². The Morgan fingerprint density at radius 1 is 0.286 bits per heavy atom. The first-order valence-electron chi connectivity index (χ1n) is 24.2. The highest BCUT2D eigenvalue weighted by Gasteiger charge is 2.23. The molecule has 338 valence electrons. The Bertz CT molecular complexity index is 3660. The molecule has 0 saturated heterocycles. The first-order chi connectivity index (χ1) is 34.2. The molecule has 2 heterocycles. The van der Waals surface area contributed by atoms with Crippen molar-refractivity contribution < 1.29 is 8.83 Å². The summed E-state index contributed by atoms with van der Waals surface area (Å²) in [6.07, 6.45) is 0. The van der Waals surface area contributed by atoms with E-state index in [2.05, 4.69) is 233 Å². The molecular formula is C66H52N2O2. The molecule has 0 radical (unpaired) electrons. The third-order valence-corrected chi connectivity index (χ3v) is 14.2. The van der Waals surface area contributed by atoms with E-state index in [1.54, 1.807) is 0 Å². The van der Waals surface area contributed by atoms with Crippen molar-refractivity contribution in [1.82, 2.24) is 0 Å². The van der Waals surface area contributed by atoms with Gasteiger partial charge in [0.1, 0.15) is 22.3 Å². The van der Waals surface area contributed by atoms with Crippen LogP contribution in [0.4, 0.5) is 34.1 Å². The van der Waals surface area contributed by atoms with Gasteiger partial charge >= 0.3 is 0 Å². The molecule has 10 aromatic carbocycles. The van der Waals surface area contributed by atoms with Crippen LogP contribution in [0.5, 0.6) is 0 Å². The molecule has 0 aliphatic heterocycles. The summed E-state index contributed by atoms with van der Waals surface area (Å²) in [4.78, 5) is 4.86. The quantitative estimate of drug-likeness (QED) is 0.144. The summed E-state index contributed by atoms with van der Waals surface area (Å²) in [6, 6.07) is 74.1. The number of nitrogens with zero attached hydrogens (tertiary/aromatic N) is 2. The third kappa shape index (κ3) is 7.23. The fourth-order valence-electron chi connectivity index (χ4n) is 10.9. The molecule has 0 aliphatic carbocycles. The van der Waals surface area contributed by atoms with Gasteiger partial charge < -0.3 is 18.6 Å². The summed E-state index contributed by atoms with van der Waals surface area (Å²) in [7, 11) is 0. The second kappa shape index (κ2) is 17.2. The lowest BCUT2D eigenvalue weighted by Crippen LogP contribution is -2.14. The number of aryl methyl sites for hydroxylation is 6. The summed E-state index contributed by atoms with van der Waals surface area (Å²) >= 11 is 0. The largest absolute Gasteiger partial charge is 0.455 e. The van der Waals surface area contributed by atoms with Gasteiger partial charge in [0, 0.05) is 55.4 Å². The zero-order valence-electron chi connectivity index (χ0n) is 40.3. The number of anilines is 6. The van der Waals surface area contributed by atoms with Crippen molar-refractivity contribution in [3.8, 4) is 33.4 Å². The zero-order chi connectivity index (χ0) is 47.6. The van der Waals surface area contributed by atoms with Crippen molar-refractivity contribution in [3.63, 3.8) is 0 Å². The van der Waals surface area contributed by atoms with E-state index in [4.69, 9.17) is 8.83 Å². The molecule has 0 saturated carbocycles. The van der Waals surface area contributed by atoms with Gasteiger partial charge in [-0.05, 0) is 170 Å². The average molecular weight is 905 g/mol. The van der Waals surface area contributed by atoms with Gasteiger partial charge in [-0.15, -0.1) is 0 Å². The Kier molecular flexibility index (Phi) is 10.5. The molecule has 4 heteroatoms. The van der Waals surface area contributed by atoms with Crippen LogP contribution >= 0.6 is 0 Å². The van der Waals surface area contributed by atoms with Crippen molar-refractivity contribution in [1.29, 1.82) is 0 Å². The fraction of sp³-hybridized carbons (Fsp3) is 0.0909. The fourth-order valence-corrected chi connectivity index (χ4v) is 10.9. The molecule has 12 aromatic rings. The molecule has 0 spiro atoms. The summed E-state index contributed by atoms with van der Waals surface area (Å²) < 4.78 is 12.9. The normalized spacial score (nSPS) is 11.6. The van der Waals surface area contributed by atoms with E-state index in [1.165, 1.54) is 55.9 Å².